The lowest BCUT2D eigenvalue weighted by molar-refractivity contribution is -0.152. The van der Waals surface area contributed by atoms with E-state index in [2.05, 4.69) is 10.9 Å². The van der Waals surface area contributed by atoms with E-state index in [-0.39, 0.29) is 29.5 Å². The summed E-state index contributed by atoms with van der Waals surface area (Å²) in [5.74, 6) is -2.97. The van der Waals surface area contributed by atoms with Crippen LogP contribution in [-0.2, 0) is 19.1 Å². The topological polar surface area (TPSA) is 105 Å². The molecule has 2 N–H and O–H groups in total. The summed E-state index contributed by atoms with van der Waals surface area (Å²) < 4.78 is 4.99. The highest BCUT2D eigenvalue weighted by atomic mass is 35.5. The van der Waals surface area contributed by atoms with Gasteiger partial charge in [0.05, 0.1) is 16.5 Å². The van der Waals surface area contributed by atoms with Gasteiger partial charge in [-0.05, 0) is 36.8 Å². The number of halogens is 2. The van der Waals surface area contributed by atoms with E-state index < -0.39 is 30.3 Å². The zero-order chi connectivity index (χ0) is 22.5. The molecule has 1 aliphatic rings. The number of hydrogen-bond donors (Lipinski definition) is 2. The predicted octanol–water partition coefficient (Wildman–Crippen LogP) is 2.66. The van der Waals surface area contributed by atoms with Crippen molar-refractivity contribution in [1.82, 2.24) is 10.9 Å². The van der Waals surface area contributed by atoms with E-state index in [1.165, 1.54) is 17.0 Å². The van der Waals surface area contributed by atoms with Crippen LogP contribution in [0.1, 0.15) is 22.3 Å². The van der Waals surface area contributed by atoms with E-state index >= 15 is 0 Å². The summed E-state index contributed by atoms with van der Waals surface area (Å²) in [6.07, 6.45) is -0.0325. The first-order valence-corrected chi connectivity index (χ1v) is 10.1. The maximum Gasteiger partial charge on any atom is 0.311 e. The lowest BCUT2D eigenvalue weighted by Crippen LogP contribution is -2.44. The average molecular weight is 464 g/mol. The molecule has 3 rings (SSSR count). The zero-order valence-corrected chi connectivity index (χ0v) is 18.0. The van der Waals surface area contributed by atoms with Crippen molar-refractivity contribution in [2.75, 3.05) is 18.1 Å². The van der Waals surface area contributed by atoms with Gasteiger partial charge in [0.1, 0.15) is 0 Å². The lowest BCUT2D eigenvalue weighted by Gasteiger charge is -2.17. The summed E-state index contributed by atoms with van der Waals surface area (Å²) >= 11 is 12.0. The van der Waals surface area contributed by atoms with Gasteiger partial charge in [-0.2, -0.15) is 0 Å². The number of hydrogen-bond acceptors (Lipinski definition) is 5. The highest BCUT2D eigenvalue weighted by Crippen LogP contribution is 2.29. The molecule has 1 saturated heterocycles. The number of amides is 3. The molecule has 0 spiro atoms. The molecule has 0 unspecified atom stereocenters. The van der Waals surface area contributed by atoms with Crippen LogP contribution >= 0.6 is 23.2 Å². The Labute approximate surface area is 188 Å². The Morgan fingerprint density at radius 3 is 2.55 bits per heavy atom. The van der Waals surface area contributed by atoms with Crippen molar-refractivity contribution in [1.29, 1.82) is 0 Å². The molecule has 162 valence electrons. The first-order chi connectivity index (χ1) is 14.8. The number of carbonyl (C=O) groups excluding carboxylic acids is 4. The Balaban J connectivity index is 1.47. The first kappa shape index (κ1) is 22.6. The van der Waals surface area contributed by atoms with Crippen LogP contribution in [0.5, 0.6) is 0 Å². The Hall–Kier alpha value is -3.10. The molecule has 0 aromatic heterocycles. The number of esters is 1. The molecule has 31 heavy (non-hydrogen) atoms. The predicted molar refractivity (Wildman–Crippen MR) is 115 cm³/mol. The SMILES string of the molecule is Cc1ccc(N2C[C@@H](C(=O)OCC(=O)NNC(=O)c3ccccc3Cl)CC2=O)cc1Cl. The average Bonchev–Trinajstić information content (AvgIpc) is 3.14. The number of ether oxygens (including phenoxy) is 1. The second-order valence-corrected chi connectivity index (χ2v) is 7.74. The number of hydrazine groups is 1. The number of nitrogens with zero attached hydrogens (tertiary/aromatic N) is 1. The third kappa shape index (κ3) is 5.53. The fraction of sp³-hybridized carbons (Fsp3) is 0.238. The van der Waals surface area contributed by atoms with Crippen LogP contribution in [0, 0.1) is 12.8 Å². The van der Waals surface area contributed by atoms with Gasteiger partial charge in [-0.25, -0.2) is 0 Å². The molecule has 10 heteroatoms. The summed E-state index contributed by atoms with van der Waals surface area (Å²) in [7, 11) is 0. The van der Waals surface area contributed by atoms with Crippen molar-refractivity contribution < 1.29 is 23.9 Å². The van der Waals surface area contributed by atoms with Crippen LogP contribution in [0.25, 0.3) is 0 Å². The zero-order valence-electron chi connectivity index (χ0n) is 16.5. The summed E-state index contributed by atoms with van der Waals surface area (Å²) in [4.78, 5) is 49.9. The second-order valence-electron chi connectivity index (χ2n) is 6.93. The Morgan fingerprint density at radius 1 is 1.10 bits per heavy atom. The highest BCUT2D eigenvalue weighted by molar-refractivity contribution is 6.33. The van der Waals surface area contributed by atoms with Gasteiger partial charge in [0.25, 0.3) is 11.8 Å². The minimum atomic E-state index is -0.736. The van der Waals surface area contributed by atoms with Crippen molar-refractivity contribution in [3.63, 3.8) is 0 Å². The van der Waals surface area contributed by atoms with Crippen molar-refractivity contribution >= 4 is 52.6 Å². The van der Waals surface area contributed by atoms with E-state index in [9.17, 15) is 19.2 Å². The molecule has 0 aliphatic carbocycles. The monoisotopic (exact) mass is 463 g/mol. The van der Waals surface area contributed by atoms with Crippen LogP contribution < -0.4 is 15.8 Å². The summed E-state index contributed by atoms with van der Waals surface area (Å²) in [5, 5.41) is 0.748. The molecular weight excluding hydrogens is 445 g/mol. The lowest BCUT2D eigenvalue weighted by atomic mass is 10.1. The standard InChI is InChI=1S/C21H19Cl2N3O5/c1-12-6-7-14(9-17(12)23)26-10-13(8-19(26)28)21(30)31-11-18(27)24-25-20(29)15-4-2-3-5-16(15)22/h2-7,9,13H,8,10-11H2,1H3,(H,24,27)(H,25,29)/t13-/m0/s1. The number of benzene rings is 2. The smallest absolute Gasteiger partial charge is 0.311 e. The van der Waals surface area contributed by atoms with Crippen LogP contribution in [0.15, 0.2) is 42.5 Å². The van der Waals surface area contributed by atoms with E-state index in [4.69, 9.17) is 27.9 Å². The van der Waals surface area contributed by atoms with Gasteiger partial charge in [0.15, 0.2) is 6.61 Å². The first-order valence-electron chi connectivity index (χ1n) is 9.33. The molecule has 1 fully saturated rings. The van der Waals surface area contributed by atoms with E-state index in [1.54, 1.807) is 30.3 Å². The van der Waals surface area contributed by atoms with Crippen LogP contribution in [0.3, 0.4) is 0 Å². The minimum Gasteiger partial charge on any atom is -0.455 e. The van der Waals surface area contributed by atoms with Gasteiger partial charge in [-0.15, -0.1) is 0 Å². The van der Waals surface area contributed by atoms with Gasteiger partial charge < -0.3 is 9.64 Å². The third-order valence-corrected chi connectivity index (χ3v) is 5.44. The van der Waals surface area contributed by atoms with Gasteiger partial charge in [0, 0.05) is 23.7 Å². The fourth-order valence-electron chi connectivity index (χ4n) is 2.99. The van der Waals surface area contributed by atoms with E-state index in [1.807, 2.05) is 6.92 Å². The Kier molecular flexibility index (Phi) is 7.14. The second kappa shape index (κ2) is 9.80. The maximum atomic E-state index is 12.3. The molecule has 0 bridgehead atoms. The minimum absolute atomic E-state index is 0.0325. The number of aryl methyl sites for hydroxylation is 1. The van der Waals surface area contributed by atoms with Gasteiger partial charge >= 0.3 is 5.97 Å². The van der Waals surface area contributed by atoms with Crippen molar-refractivity contribution in [2.24, 2.45) is 5.92 Å². The largest absolute Gasteiger partial charge is 0.455 e. The molecule has 0 saturated carbocycles. The van der Waals surface area contributed by atoms with Crippen molar-refractivity contribution in [2.45, 2.75) is 13.3 Å². The van der Waals surface area contributed by atoms with E-state index in [0.29, 0.717) is 10.7 Å². The molecular formula is C21H19Cl2N3O5. The fourth-order valence-corrected chi connectivity index (χ4v) is 3.39. The van der Waals surface area contributed by atoms with E-state index in [0.717, 1.165) is 5.56 Å². The maximum absolute atomic E-state index is 12.3. The van der Waals surface area contributed by atoms with Crippen LogP contribution in [0.4, 0.5) is 5.69 Å². The molecule has 3 amide bonds. The molecule has 2 aromatic carbocycles. The number of nitrogens with one attached hydrogen (secondary N) is 2. The molecule has 2 aromatic rings. The number of carbonyl (C=O) groups is 4. The van der Waals surface area contributed by atoms with Crippen LogP contribution in [0.2, 0.25) is 10.0 Å². The molecule has 1 aliphatic heterocycles. The molecule has 0 radical (unpaired) electrons. The van der Waals surface area contributed by atoms with Gasteiger partial charge in [-0.1, -0.05) is 41.4 Å². The highest BCUT2D eigenvalue weighted by Gasteiger charge is 2.36. The third-order valence-electron chi connectivity index (χ3n) is 4.70. The number of rotatable bonds is 5. The van der Waals surface area contributed by atoms with Crippen LogP contribution in [-0.4, -0.2) is 36.8 Å². The quantitative estimate of drug-likeness (QED) is 0.523. The summed E-state index contributed by atoms with van der Waals surface area (Å²) in [6, 6.07) is 11.5. The Bertz CT molecular complexity index is 1040. The van der Waals surface area contributed by atoms with Gasteiger partial charge in [-0.3, -0.25) is 30.0 Å². The summed E-state index contributed by atoms with van der Waals surface area (Å²) in [5.41, 5.74) is 5.98. The van der Waals surface area contributed by atoms with Crippen molar-refractivity contribution in [3.05, 3.63) is 63.6 Å². The Morgan fingerprint density at radius 2 is 1.84 bits per heavy atom. The molecule has 8 nitrogen and oxygen atoms in total. The summed E-state index contributed by atoms with van der Waals surface area (Å²) in [6.45, 7) is 1.37. The van der Waals surface area contributed by atoms with Crippen molar-refractivity contribution in [3.8, 4) is 0 Å². The normalized spacial score (nSPS) is 15.5. The molecule has 1 heterocycles. The molecule has 1 atom stereocenters. The number of anilines is 1. The van der Waals surface area contributed by atoms with Gasteiger partial charge in [0.2, 0.25) is 5.91 Å².